The molecule has 0 saturated heterocycles. The molecular weight excluding hydrogens is 369 g/mol. The largest absolute Gasteiger partial charge is 0.357 e. The van der Waals surface area contributed by atoms with Gasteiger partial charge >= 0.3 is 0 Å². The Morgan fingerprint density at radius 2 is 1.96 bits per heavy atom. The summed E-state index contributed by atoms with van der Waals surface area (Å²) in [5.74, 6) is 0. The van der Waals surface area contributed by atoms with Crippen LogP contribution in [0.4, 0.5) is 10.8 Å². The van der Waals surface area contributed by atoms with Crippen LogP contribution in [-0.2, 0) is 6.54 Å². The van der Waals surface area contributed by atoms with Crippen molar-refractivity contribution in [1.82, 2.24) is 4.98 Å². The smallest absolute Gasteiger partial charge is 0.274 e. The fourth-order valence-electron chi connectivity index (χ4n) is 2.15. The highest BCUT2D eigenvalue weighted by Gasteiger charge is 2.13. The van der Waals surface area contributed by atoms with E-state index in [1.165, 1.54) is 17.4 Å². The molecule has 0 fully saturated rings. The van der Waals surface area contributed by atoms with Gasteiger partial charge in [0.05, 0.1) is 20.7 Å². The summed E-state index contributed by atoms with van der Waals surface area (Å²) >= 11 is 13.4. The van der Waals surface area contributed by atoms with Crippen molar-refractivity contribution >= 4 is 45.4 Å². The molecule has 0 radical (unpaired) electrons. The molecule has 0 unspecified atom stereocenters. The maximum atomic E-state index is 11.0. The van der Waals surface area contributed by atoms with Crippen LogP contribution in [0.25, 0.3) is 11.3 Å². The van der Waals surface area contributed by atoms with Gasteiger partial charge in [-0.15, -0.1) is 11.3 Å². The van der Waals surface area contributed by atoms with Crippen LogP contribution in [0.3, 0.4) is 0 Å². The second-order valence-corrected chi connectivity index (χ2v) is 6.58. The van der Waals surface area contributed by atoms with E-state index in [1.807, 2.05) is 11.4 Å². The average Bonchev–Trinajstić information content (AvgIpc) is 3.04. The van der Waals surface area contributed by atoms with Crippen LogP contribution in [0.5, 0.6) is 0 Å². The number of hydrogen-bond acceptors (Lipinski definition) is 5. The normalized spacial score (nSPS) is 10.6. The van der Waals surface area contributed by atoms with Crippen molar-refractivity contribution in [3.8, 4) is 11.3 Å². The van der Waals surface area contributed by atoms with Gasteiger partial charge in [0.2, 0.25) is 0 Å². The van der Waals surface area contributed by atoms with E-state index in [0.717, 1.165) is 11.3 Å². The molecule has 0 atom stereocenters. The Bertz CT molecular complexity index is 899. The van der Waals surface area contributed by atoms with Gasteiger partial charge in [-0.2, -0.15) is 0 Å². The minimum Gasteiger partial charge on any atom is -0.357 e. The van der Waals surface area contributed by atoms with Gasteiger partial charge in [-0.05, 0) is 12.1 Å². The summed E-state index contributed by atoms with van der Waals surface area (Å²) in [6.45, 7) is 0.325. The first-order valence-corrected chi connectivity index (χ1v) is 8.55. The highest BCUT2D eigenvalue weighted by Crippen LogP contribution is 2.30. The molecule has 0 amide bonds. The Morgan fingerprint density at radius 1 is 1.17 bits per heavy atom. The predicted octanol–water partition coefficient (Wildman–Crippen LogP) is 5.64. The molecule has 0 aliphatic carbocycles. The zero-order valence-corrected chi connectivity index (χ0v) is 14.5. The van der Waals surface area contributed by atoms with Crippen LogP contribution in [0, 0.1) is 10.1 Å². The molecule has 24 heavy (non-hydrogen) atoms. The topological polar surface area (TPSA) is 68.1 Å². The van der Waals surface area contributed by atoms with Gasteiger partial charge in [0.1, 0.15) is 0 Å². The molecule has 8 heteroatoms. The molecule has 122 valence electrons. The summed E-state index contributed by atoms with van der Waals surface area (Å²) in [5, 5.41) is 17.7. The molecule has 1 N–H and O–H groups in total. The Morgan fingerprint density at radius 3 is 2.71 bits per heavy atom. The molecule has 5 nitrogen and oxygen atoms in total. The second-order valence-electron chi connectivity index (χ2n) is 4.91. The van der Waals surface area contributed by atoms with Gasteiger partial charge in [-0.3, -0.25) is 10.1 Å². The highest BCUT2D eigenvalue weighted by atomic mass is 35.5. The first-order chi connectivity index (χ1) is 11.5. The number of nitro groups is 1. The van der Waals surface area contributed by atoms with Gasteiger partial charge in [0, 0.05) is 29.1 Å². The van der Waals surface area contributed by atoms with Crippen molar-refractivity contribution in [2.24, 2.45) is 0 Å². The fraction of sp³-hybridized carbons (Fsp3) is 0.0625. The van der Waals surface area contributed by atoms with Crippen LogP contribution < -0.4 is 5.32 Å². The number of anilines is 1. The standard InChI is InChI=1S/C16H11Cl2N3O2S/c17-12-6-5-10(7-13(12)18)14-9-24-16(20-14)19-8-11-3-1-2-4-15(11)21(22)23/h1-7,9H,8H2,(H,19,20). The Kier molecular flexibility index (Phi) is 4.99. The third-order valence-corrected chi connectivity index (χ3v) is 4.88. The van der Waals surface area contributed by atoms with Gasteiger partial charge in [-0.1, -0.05) is 47.5 Å². The molecule has 1 aromatic heterocycles. The number of nitrogens with zero attached hydrogens (tertiary/aromatic N) is 2. The van der Waals surface area contributed by atoms with E-state index in [1.54, 1.807) is 30.3 Å². The molecule has 0 bridgehead atoms. The maximum Gasteiger partial charge on any atom is 0.274 e. The van der Waals surface area contributed by atoms with Crippen LogP contribution >= 0.6 is 34.5 Å². The summed E-state index contributed by atoms with van der Waals surface area (Å²) in [4.78, 5) is 15.1. The van der Waals surface area contributed by atoms with Crippen molar-refractivity contribution in [2.45, 2.75) is 6.54 Å². The number of para-hydroxylation sites is 1. The predicted molar refractivity (Wildman–Crippen MR) is 98.0 cm³/mol. The number of thiazole rings is 1. The van der Waals surface area contributed by atoms with Crippen molar-refractivity contribution in [2.75, 3.05) is 5.32 Å². The monoisotopic (exact) mass is 379 g/mol. The van der Waals surface area contributed by atoms with E-state index in [2.05, 4.69) is 10.3 Å². The molecule has 0 spiro atoms. The van der Waals surface area contributed by atoms with Crippen molar-refractivity contribution in [3.05, 3.63) is 73.6 Å². The van der Waals surface area contributed by atoms with E-state index in [0.29, 0.717) is 27.3 Å². The fourth-order valence-corrected chi connectivity index (χ4v) is 3.17. The number of nitrogens with one attached hydrogen (secondary N) is 1. The zero-order chi connectivity index (χ0) is 17.1. The number of nitro benzene ring substituents is 1. The van der Waals surface area contributed by atoms with Crippen molar-refractivity contribution in [3.63, 3.8) is 0 Å². The lowest BCUT2D eigenvalue weighted by atomic mass is 10.2. The molecule has 0 saturated carbocycles. The minimum absolute atomic E-state index is 0.0891. The summed E-state index contributed by atoms with van der Waals surface area (Å²) in [7, 11) is 0. The van der Waals surface area contributed by atoms with Crippen LogP contribution in [0.1, 0.15) is 5.56 Å². The summed E-state index contributed by atoms with van der Waals surface area (Å²) in [6.07, 6.45) is 0. The lowest BCUT2D eigenvalue weighted by Gasteiger charge is -2.04. The Hall–Kier alpha value is -2.15. The third kappa shape index (κ3) is 3.67. The van der Waals surface area contributed by atoms with Crippen molar-refractivity contribution < 1.29 is 4.92 Å². The van der Waals surface area contributed by atoms with Gasteiger partial charge in [0.15, 0.2) is 5.13 Å². The van der Waals surface area contributed by atoms with E-state index in [4.69, 9.17) is 23.2 Å². The molecule has 0 aliphatic heterocycles. The van der Waals surface area contributed by atoms with E-state index >= 15 is 0 Å². The first-order valence-electron chi connectivity index (χ1n) is 6.91. The molecule has 0 aliphatic rings. The Labute approximate surface area is 152 Å². The minimum atomic E-state index is -0.389. The highest BCUT2D eigenvalue weighted by molar-refractivity contribution is 7.14. The average molecular weight is 380 g/mol. The van der Waals surface area contributed by atoms with E-state index in [9.17, 15) is 10.1 Å². The number of rotatable bonds is 5. The van der Waals surface area contributed by atoms with E-state index in [-0.39, 0.29) is 10.6 Å². The lowest BCUT2D eigenvalue weighted by molar-refractivity contribution is -0.385. The van der Waals surface area contributed by atoms with Crippen LogP contribution in [0.15, 0.2) is 47.8 Å². The SMILES string of the molecule is O=[N+]([O-])c1ccccc1CNc1nc(-c2ccc(Cl)c(Cl)c2)cs1. The third-order valence-electron chi connectivity index (χ3n) is 3.34. The summed E-state index contributed by atoms with van der Waals surface area (Å²) < 4.78 is 0. The molecule has 3 rings (SSSR count). The number of halogens is 2. The number of aromatic nitrogens is 1. The van der Waals surface area contributed by atoms with Gasteiger partial charge < -0.3 is 5.32 Å². The number of benzene rings is 2. The summed E-state index contributed by atoms with van der Waals surface area (Å²) in [5.41, 5.74) is 2.32. The van der Waals surface area contributed by atoms with Gasteiger partial charge in [-0.25, -0.2) is 4.98 Å². The molecular formula is C16H11Cl2N3O2S. The Balaban J connectivity index is 1.75. The van der Waals surface area contributed by atoms with Gasteiger partial charge in [0.25, 0.3) is 5.69 Å². The zero-order valence-electron chi connectivity index (χ0n) is 12.2. The molecule has 2 aromatic carbocycles. The van der Waals surface area contributed by atoms with Crippen molar-refractivity contribution in [1.29, 1.82) is 0 Å². The maximum absolute atomic E-state index is 11.0. The first kappa shape index (κ1) is 16.7. The lowest BCUT2D eigenvalue weighted by Crippen LogP contribution is -2.02. The molecule has 3 aromatic rings. The summed E-state index contributed by atoms with van der Waals surface area (Å²) in [6, 6.07) is 11.9. The van der Waals surface area contributed by atoms with E-state index < -0.39 is 0 Å². The second kappa shape index (κ2) is 7.17. The van der Waals surface area contributed by atoms with Crippen LogP contribution in [-0.4, -0.2) is 9.91 Å². The number of hydrogen-bond donors (Lipinski definition) is 1. The quantitative estimate of drug-likeness (QED) is 0.460. The molecule has 1 heterocycles. The van der Waals surface area contributed by atoms with Crippen LogP contribution in [0.2, 0.25) is 10.0 Å².